The first-order chi connectivity index (χ1) is 15.3. The van der Waals surface area contributed by atoms with E-state index in [0.717, 1.165) is 50.1 Å². The fraction of sp³-hybridized carbons (Fsp3) is 0.0435. The molecule has 6 heterocycles. The number of thiophene rings is 1. The Morgan fingerprint density at radius 2 is 1.90 bits per heavy atom. The predicted molar refractivity (Wildman–Crippen MR) is 122 cm³/mol. The van der Waals surface area contributed by atoms with E-state index in [1.807, 2.05) is 36.7 Å². The average molecular weight is 424 g/mol. The molecule has 0 aliphatic carbocycles. The second-order valence-corrected chi connectivity index (χ2v) is 8.03. The monoisotopic (exact) mass is 424 g/mol. The molecule has 0 radical (unpaired) electrons. The Morgan fingerprint density at radius 1 is 0.968 bits per heavy atom. The Balaban J connectivity index is 1.50. The number of ether oxygens (including phenoxy) is 1. The highest BCUT2D eigenvalue weighted by Crippen LogP contribution is 2.35. The van der Waals surface area contributed by atoms with Gasteiger partial charge < -0.3 is 9.72 Å². The maximum atomic E-state index is 5.30. The van der Waals surface area contributed by atoms with Crippen molar-refractivity contribution in [3.8, 4) is 38.8 Å². The van der Waals surface area contributed by atoms with E-state index >= 15 is 0 Å². The second kappa shape index (κ2) is 7.03. The molecule has 0 fully saturated rings. The third kappa shape index (κ3) is 2.96. The van der Waals surface area contributed by atoms with Crippen molar-refractivity contribution >= 4 is 33.3 Å². The molecule has 6 aromatic rings. The van der Waals surface area contributed by atoms with Gasteiger partial charge in [-0.15, -0.1) is 11.3 Å². The van der Waals surface area contributed by atoms with Gasteiger partial charge in [0.05, 0.1) is 41.9 Å². The number of methoxy groups -OCH3 is 1. The molecule has 0 saturated carbocycles. The molecule has 2 N–H and O–H groups in total. The number of pyridine rings is 3. The van der Waals surface area contributed by atoms with Crippen LogP contribution in [0.15, 0.2) is 66.6 Å². The number of aromatic amines is 2. The van der Waals surface area contributed by atoms with Crippen molar-refractivity contribution in [1.29, 1.82) is 0 Å². The van der Waals surface area contributed by atoms with Gasteiger partial charge in [-0.2, -0.15) is 5.10 Å². The minimum absolute atomic E-state index is 0.691. The third-order valence-corrected chi connectivity index (χ3v) is 6.14. The van der Waals surface area contributed by atoms with Crippen LogP contribution in [-0.2, 0) is 0 Å². The summed E-state index contributed by atoms with van der Waals surface area (Å²) in [7, 11) is 1.63. The summed E-state index contributed by atoms with van der Waals surface area (Å²) in [5.41, 5.74) is 7.06. The first kappa shape index (κ1) is 17.8. The summed E-state index contributed by atoms with van der Waals surface area (Å²) in [6.45, 7) is 0. The minimum Gasteiger partial charge on any atom is -0.495 e. The lowest BCUT2D eigenvalue weighted by Crippen LogP contribution is -1.89. The number of hydrogen-bond acceptors (Lipinski definition) is 6. The zero-order valence-corrected chi connectivity index (χ0v) is 17.3. The quantitative estimate of drug-likeness (QED) is 0.401. The van der Waals surface area contributed by atoms with Crippen LogP contribution in [0.4, 0.5) is 0 Å². The highest BCUT2D eigenvalue weighted by molar-refractivity contribution is 7.13. The molecule has 150 valence electrons. The lowest BCUT2D eigenvalue weighted by atomic mass is 10.1. The summed E-state index contributed by atoms with van der Waals surface area (Å²) in [5, 5.41) is 10.8. The average Bonchev–Trinajstić information content (AvgIpc) is 3.57. The molecule has 0 spiro atoms. The molecule has 0 bridgehead atoms. The van der Waals surface area contributed by atoms with Gasteiger partial charge >= 0.3 is 0 Å². The van der Waals surface area contributed by atoms with E-state index in [9.17, 15) is 0 Å². The number of H-pyrrole nitrogens is 2. The third-order valence-electron chi connectivity index (χ3n) is 5.24. The van der Waals surface area contributed by atoms with Gasteiger partial charge in [-0.1, -0.05) is 6.07 Å². The fourth-order valence-electron chi connectivity index (χ4n) is 3.72. The SMILES string of the molecule is COc1cncc(-c2ccc3[nH]nc(-c4cc5c(-c6cccs6)cncc5[nH]4)c3n2)c1. The number of fused-ring (bicyclic) bond motifs is 2. The maximum absolute atomic E-state index is 5.30. The number of aromatic nitrogens is 6. The first-order valence-corrected chi connectivity index (χ1v) is 10.5. The number of hydrogen-bond donors (Lipinski definition) is 2. The van der Waals surface area contributed by atoms with Crippen LogP contribution in [0.2, 0.25) is 0 Å². The zero-order valence-electron chi connectivity index (χ0n) is 16.5. The summed E-state index contributed by atoms with van der Waals surface area (Å²) in [6, 6.07) is 12.1. The molecule has 0 aromatic carbocycles. The van der Waals surface area contributed by atoms with E-state index in [0.29, 0.717) is 5.75 Å². The van der Waals surface area contributed by atoms with Gasteiger partial charge in [0.15, 0.2) is 0 Å². The highest BCUT2D eigenvalue weighted by atomic mass is 32.1. The molecule has 0 saturated heterocycles. The molecular weight excluding hydrogens is 408 g/mol. The Labute approximate surface area is 180 Å². The van der Waals surface area contributed by atoms with Gasteiger partial charge in [-0.3, -0.25) is 15.1 Å². The van der Waals surface area contributed by atoms with E-state index in [4.69, 9.17) is 9.72 Å². The van der Waals surface area contributed by atoms with E-state index < -0.39 is 0 Å². The standard InChI is InChI=1S/C23H16N6OS/c1-30-14-7-13(9-24-10-14)17-4-5-18-22(27-17)23(29-28-18)19-8-15-16(21-3-2-6-31-21)11-25-12-20(15)26-19/h2-12,26H,1H3,(H,28,29). The Kier molecular flexibility index (Phi) is 4.03. The summed E-state index contributed by atoms with van der Waals surface area (Å²) in [6.07, 6.45) is 7.19. The largest absolute Gasteiger partial charge is 0.495 e. The first-order valence-electron chi connectivity index (χ1n) is 9.65. The number of nitrogens with one attached hydrogen (secondary N) is 2. The van der Waals surface area contributed by atoms with E-state index in [2.05, 4.69) is 42.7 Å². The molecule has 8 heteroatoms. The molecule has 6 rings (SSSR count). The van der Waals surface area contributed by atoms with Gasteiger partial charge in [0.2, 0.25) is 0 Å². The van der Waals surface area contributed by atoms with Crippen LogP contribution in [-0.4, -0.2) is 37.2 Å². The van der Waals surface area contributed by atoms with Crippen LogP contribution in [0.25, 0.3) is 55.0 Å². The van der Waals surface area contributed by atoms with Crippen molar-refractivity contribution in [1.82, 2.24) is 30.1 Å². The lowest BCUT2D eigenvalue weighted by molar-refractivity contribution is 0.413. The van der Waals surface area contributed by atoms with E-state index in [1.165, 1.54) is 4.88 Å². The van der Waals surface area contributed by atoms with E-state index in [-0.39, 0.29) is 0 Å². The second-order valence-electron chi connectivity index (χ2n) is 7.09. The molecule has 0 aliphatic heterocycles. The van der Waals surface area contributed by atoms with Gasteiger partial charge in [0, 0.05) is 33.8 Å². The molecule has 31 heavy (non-hydrogen) atoms. The molecule has 0 aliphatic rings. The van der Waals surface area contributed by atoms with Crippen LogP contribution < -0.4 is 4.74 Å². The van der Waals surface area contributed by atoms with Crippen LogP contribution in [0.1, 0.15) is 0 Å². The minimum atomic E-state index is 0.691. The van der Waals surface area contributed by atoms with Gasteiger partial charge in [0.1, 0.15) is 17.0 Å². The molecule has 6 aromatic heterocycles. The zero-order chi connectivity index (χ0) is 20.8. The Hall–Kier alpha value is -4.04. The molecule has 0 unspecified atom stereocenters. The van der Waals surface area contributed by atoms with Crippen LogP contribution in [0, 0.1) is 0 Å². The smallest absolute Gasteiger partial charge is 0.137 e. The number of nitrogens with zero attached hydrogens (tertiary/aromatic N) is 4. The molecule has 7 nitrogen and oxygen atoms in total. The van der Waals surface area contributed by atoms with Crippen LogP contribution in [0.3, 0.4) is 0 Å². The summed E-state index contributed by atoms with van der Waals surface area (Å²) < 4.78 is 5.30. The lowest BCUT2D eigenvalue weighted by Gasteiger charge is -2.04. The van der Waals surface area contributed by atoms with Gasteiger partial charge in [-0.25, -0.2) is 4.98 Å². The Morgan fingerprint density at radius 3 is 2.77 bits per heavy atom. The van der Waals surface area contributed by atoms with Gasteiger partial charge in [0.25, 0.3) is 0 Å². The van der Waals surface area contributed by atoms with Crippen molar-refractivity contribution in [2.24, 2.45) is 0 Å². The van der Waals surface area contributed by atoms with Crippen molar-refractivity contribution < 1.29 is 4.74 Å². The summed E-state index contributed by atoms with van der Waals surface area (Å²) in [5.74, 6) is 0.691. The van der Waals surface area contributed by atoms with Crippen molar-refractivity contribution in [2.75, 3.05) is 7.11 Å². The fourth-order valence-corrected chi connectivity index (χ4v) is 4.48. The number of rotatable bonds is 4. The molecule has 0 atom stereocenters. The summed E-state index contributed by atoms with van der Waals surface area (Å²) >= 11 is 1.70. The van der Waals surface area contributed by atoms with Gasteiger partial charge in [-0.05, 0) is 35.7 Å². The topological polar surface area (TPSA) is 92.4 Å². The summed E-state index contributed by atoms with van der Waals surface area (Å²) in [4.78, 5) is 18.2. The normalized spacial score (nSPS) is 11.4. The van der Waals surface area contributed by atoms with Crippen molar-refractivity contribution in [3.63, 3.8) is 0 Å². The predicted octanol–water partition coefficient (Wildman–Crippen LogP) is 5.30. The maximum Gasteiger partial charge on any atom is 0.137 e. The van der Waals surface area contributed by atoms with Crippen molar-refractivity contribution in [2.45, 2.75) is 0 Å². The Bertz CT molecular complexity index is 1530. The van der Waals surface area contributed by atoms with Crippen molar-refractivity contribution in [3.05, 3.63) is 66.6 Å². The van der Waals surface area contributed by atoms with E-state index in [1.54, 1.807) is 30.8 Å². The van der Waals surface area contributed by atoms with Crippen LogP contribution in [0.5, 0.6) is 5.75 Å². The molecular formula is C23H16N6OS. The molecule has 0 amide bonds. The highest BCUT2D eigenvalue weighted by Gasteiger charge is 2.16. The van der Waals surface area contributed by atoms with Crippen LogP contribution >= 0.6 is 11.3 Å².